The maximum absolute atomic E-state index is 12.9. The highest BCUT2D eigenvalue weighted by Gasteiger charge is 2.41. The van der Waals surface area contributed by atoms with Gasteiger partial charge >= 0.3 is 6.18 Å². The van der Waals surface area contributed by atoms with E-state index in [-0.39, 0.29) is 0 Å². The highest BCUT2D eigenvalue weighted by molar-refractivity contribution is 5.31. The van der Waals surface area contributed by atoms with E-state index in [1.807, 2.05) is 0 Å². The molecule has 0 aliphatic carbocycles. The van der Waals surface area contributed by atoms with Crippen molar-refractivity contribution in [1.29, 1.82) is 0 Å². The van der Waals surface area contributed by atoms with Crippen LogP contribution in [0.3, 0.4) is 0 Å². The molecular weight excluding hydrogens is 243 g/mol. The van der Waals surface area contributed by atoms with Crippen molar-refractivity contribution in [3.8, 4) is 0 Å². The fraction of sp³-hybridized carbons (Fsp3) is 0.250. The van der Waals surface area contributed by atoms with Crippen molar-refractivity contribution in [2.45, 2.75) is 12.7 Å². The lowest BCUT2D eigenvalue weighted by Gasteiger charge is -2.12. The minimum absolute atomic E-state index is 0.955. The third-order valence-corrected chi connectivity index (χ3v) is 1.84. The number of halogens is 7. The fourth-order valence-corrected chi connectivity index (χ4v) is 1.11. The molecule has 0 atom stereocenters. The summed E-state index contributed by atoms with van der Waals surface area (Å²) in [7, 11) is 0. The van der Waals surface area contributed by atoms with E-state index in [0.29, 0.717) is 0 Å². The van der Waals surface area contributed by atoms with Gasteiger partial charge in [-0.2, -0.15) is 13.2 Å². The zero-order valence-electron chi connectivity index (χ0n) is 7.43. The average Bonchev–Trinajstić information content (AvgIpc) is 2.14. The molecule has 0 bridgehead atoms. The quantitative estimate of drug-likeness (QED) is 0.599. The molecule has 0 heterocycles. The van der Waals surface area contributed by atoms with Crippen molar-refractivity contribution < 1.29 is 30.7 Å². The topological polar surface area (TPSA) is 26.0 Å². The Morgan fingerprint density at radius 2 is 1.19 bits per heavy atom. The molecular formula is C8H4F7N. The van der Waals surface area contributed by atoms with Crippen molar-refractivity contribution in [2.75, 3.05) is 0 Å². The van der Waals surface area contributed by atoms with Gasteiger partial charge in [-0.15, -0.1) is 0 Å². The van der Waals surface area contributed by atoms with Crippen LogP contribution in [-0.4, -0.2) is 0 Å². The van der Waals surface area contributed by atoms with Crippen LogP contribution in [0, 0.1) is 23.3 Å². The van der Waals surface area contributed by atoms with Crippen molar-refractivity contribution >= 4 is 0 Å². The van der Waals surface area contributed by atoms with Gasteiger partial charge in [0.15, 0.2) is 23.3 Å². The normalized spacial score (nSPS) is 12.0. The smallest absolute Gasteiger partial charge is 0.326 e. The van der Waals surface area contributed by atoms with Crippen LogP contribution in [0.5, 0.6) is 0 Å². The predicted octanol–water partition coefficient (Wildman–Crippen LogP) is 2.72. The van der Waals surface area contributed by atoms with Crippen LogP contribution in [0.2, 0.25) is 0 Å². The van der Waals surface area contributed by atoms with Gasteiger partial charge in [0.25, 0.3) is 0 Å². The minimum atomic E-state index is -5.52. The molecule has 1 nitrogen and oxygen atoms in total. The molecule has 0 radical (unpaired) electrons. The highest BCUT2D eigenvalue weighted by Crippen LogP contribution is 2.36. The second-order valence-corrected chi connectivity index (χ2v) is 2.81. The summed E-state index contributed by atoms with van der Waals surface area (Å²) in [6.45, 7) is -0.955. The summed E-state index contributed by atoms with van der Waals surface area (Å²) < 4.78 is 87.6. The lowest BCUT2D eigenvalue weighted by atomic mass is 10.1. The standard InChI is InChI=1S/C8H4F7N/c9-4-2(1-16)5(10)7(12)3(6(4)11)8(13,14)15/h1,16H2. The molecule has 0 amide bonds. The Morgan fingerprint density at radius 1 is 0.812 bits per heavy atom. The van der Waals surface area contributed by atoms with Gasteiger partial charge in [0.05, 0.1) is 0 Å². The Bertz CT molecular complexity index is 394. The fourth-order valence-electron chi connectivity index (χ4n) is 1.11. The Kier molecular flexibility index (Phi) is 3.13. The number of hydrogen-bond donors (Lipinski definition) is 1. The number of benzene rings is 1. The molecule has 0 unspecified atom stereocenters. The van der Waals surface area contributed by atoms with Gasteiger partial charge in [-0.25, -0.2) is 17.6 Å². The summed E-state index contributed by atoms with van der Waals surface area (Å²) in [5, 5.41) is 0. The number of nitrogens with two attached hydrogens (primary N) is 1. The van der Waals surface area contributed by atoms with E-state index in [1.165, 1.54) is 0 Å². The molecule has 0 aromatic heterocycles. The van der Waals surface area contributed by atoms with Gasteiger partial charge in [-0.05, 0) is 0 Å². The maximum atomic E-state index is 12.9. The van der Waals surface area contributed by atoms with E-state index in [2.05, 4.69) is 0 Å². The van der Waals surface area contributed by atoms with Gasteiger partial charge in [0.2, 0.25) is 0 Å². The van der Waals surface area contributed by atoms with Crippen LogP contribution >= 0.6 is 0 Å². The Morgan fingerprint density at radius 3 is 1.44 bits per heavy atom. The van der Waals surface area contributed by atoms with E-state index < -0.39 is 47.1 Å². The number of alkyl halides is 3. The maximum Gasteiger partial charge on any atom is 0.422 e. The highest BCUT2D eigenvalue weighted by atomic mass is 19.4. The second kappa shape index (κ2) is 3.93. The summed E-state index contributed by atoms with van der Waals surface area (Å²) in [5.74, 6) is -9.25. The molecule has 90 valence electrons. The summed E-state index contributed by atoms with van der Waals surface area (Å²) >= 11 is 0. The molecule has 8 heteroatoms. The molecule has 0 saturated carbocycles. The Hall–Kier alpha value is -1.31. The van der Waals surface area contributed by atoms with Crippen LogP contribution in [0.15, 0.2) is 0 Å². The third kappa shape index (κ3) is 1.84. The Balaban J connectivity index is 3.67. The second-order valence-electron chi connectivity index (χ2n) is 2.81. The largest absolute Gasteiger partial charge is 0.422 e. The van der Waals surface area contributed by atoms with E-state index >= 15 is 0 Å². The lowest BCUT2D eigenvalue weighted by Crippen LogP contribution is -2.18. The van der Waals surface area contributed by atoms with Gasteiger partial charge < -0.3 is 5.73 Å². The zero-order valence-corrected chi connectivity index (χ0v) is 7.43. The van der Waals surface area contributed by atoms with E-state index in [4.69, 9.17) is 5.73 Å². The first-order valence-corrected chi connectivity index (χ1v) is 3.83. The van der Waals surface area contributed by atoms with Crippen LogP contribution in [0.4, 0.5) is 30.7 Å². The first kappa shape index (κ1) is 12.8. The molecule has 0 aliphatic heterocycles. The number of hydrogen-bond acceptors (Lipinski definition) is 1. The minimum Gasteiger partial charge on any atom is -0.326 e. The lowest BCUT2D eigenvalue weighted by molar-refractivity contribution is -0.143. The summed E-state index contributed by atoms with van der Waals surface area (Å²) in [4.78, 5) is 0. The van der Waals surface area contributed by atoms with Gasteiger partial charge in [0, 0.05) is 12.1 Å². The van der Waals surface area contributed by atoms with E-state index in [9.17, 15) is 30.7 Å². The van der Waals surface area contributed by atoms with Crippen LogP contribution < -0.4 is 5.73 Å². The summed E-state index contributed by atoms with van der Waals surface area (Å²) in [6, 6.07) is 0. The summed E-state index contributed by atoms with van der Waals surface area (Å²) in [5.41, 5.74) is 0.895. The van der Waals surface area contributed by atoms with Gasteiger partial charge in [-0.3, -0.25) is 0 Å². The van der Waals surface area contributed by atoms with Crippen molar-refractivity contribution in [3.05, 3.63) is 34.4 Å². The van der Waals surface area contributed by atoms with Crippen molar-refractivity contribution in [1.82, 2.24) is 0 Å². The molecule has 0 fully saturated rings. The molecule has 0 spiro atoms. The first-order chi connectivity index (χ1) is 7.21. The molecule has 0 saturated heterocycles. The van der Waals surface area contributed by atoms with Crippen LogP contribution in [0.25, 0.3) is 0 Å². The van der Waals surface area contributed by atoms with E-state index in [1.54, 1.807) is 0 Å². The van der Waals surface area contributed by atoms with Gasteiger partial charge in [-0.1, -0.05) is 0 Å². The monoisotopic (exact) mass is 247 g/mol. The van der Waals surface area contributed by atoms with Crippen molar-refractivity contribution in [2.24, 2.45) is 5.73 Å². The molecule has 16 heavy (non-hydrogen) atoms. The van der Waals surface area contributed by atoms with E-state index in [0.717, 1.165) is 0 Å². The molecule has 1 aromatic carbocycles. The Labute approximate surface area is 84.7 Å². The van der Waals surface area contributed by atoms with Crippen LogP contribution in [-0.2, 0) is 12.7 Å². The van der Waals surface area contributed by atoms with Crippen LogP contribution in [0.1, 0.15) is 11.1 Å². The zero-order chi connectivity index (χ0) is 12.7. The third-order valence-electron chi connectivity index (χ3n) is 1.84. The SMILES string of the molecule is NCc1c(F)c(F)c(C(F)(F)F)c(F)c1F. The number of rotatable bonds is 1. The predicted molar refractivity (Wildman–Crippen MR) is 39.2 cm³/mol. The molecule has 1 aromatic rings. The molecule has 0 aliphatic rings. The molecule has 2 N–H and O–H groups in total. The van der Waals surface area contributed by atoms with Gasteiger partial charge in [0.1, 0.15) is 5.56 Å². The van der Waals surface area contributed by atoms with Crippen molar-refractivity contribution in [3.63, 3.8) is 0 Å². The molecule has 1 rings (SSSR count). The first-order valence-electron chi connectivity index (χ1n) is 3.83. The summed E-state index contributed by atoms with van der Waals surface area (Å²) in [6.07, 6.45) is -5.52. The average molecular weight is 247 g/mol.